The standard InChI is InChI=1S/2C54H34N2O/c1-3-12-35(13-4-1)37-22-26-41(27-23-37)55-49-20-9-7-18-43(49)45-31-39(24-28-50(45)55)40-25-29-51-46(32-40)47-34-54-48(44-19-8-10-21-53(44)57-54)33-52(47)56(51)42-17-11-16-38(30-42)36-14-5-2-6-15-36;1-3-12-35(13-4-1)37-22-26-41(27-23-37)55-47-20-9-7-18-43(47)45-33-39(24-28-48(45)55)40-25-29-49-46(34-40)53-50(30-31-52-54(53)44-19-8-10-21-51(44)57-52)56(49)42-17-11-16-38(32-42)36-14-5-2-6-15-36/h2*1-34H. The largest absolute Gasteiger partial charge is 0.456 e. The number of aromatic nitrogens is 4. The number of para-hydroxylation sites is 4. The van der Waals surface area contributed by atoms with Crippen LogP contribution in [0, 0.1) is 0 Å². The molecule has 0 aliphatic heterocycles. The fraction of sp³-hybridized carbons (Fsp3) is 0. The highest BCUT2D eigenvalue weighted by atomic mass is 16.3. The zero-order chi connectivity index (χ0) is 74.9. The molecule has 24 rings (SSSR count). The van der Waals surface area contributed by atoms with Gasteiger partial charge in [-0.1, -0.05) is 267 Å². The smallest absolute Gasteiger partial charge is 0.136 e. The summed E-state index contributed by atoms with van der Waals surface area (Å²) in [5, 5.41) is 14.2. The molecule has 0 N–H and O–H groups in total. The van der Waals surface area contributed by atoms with Crippen LogP contribution in [0.5, 0.6) is 0 Å². The van der Waals surface area contributed by atoms with Gasteiger partial charge in [0.2, 0.25) is 0 Å². The quantitative estimate of drug-likeness (QED) is 0.137. The van der Waals surface area contributed by atoms with E-state index in [1.807, 2.05) is 12.1 Å². The van der Waals surface area contributed by atoms with E-state index < -0.39 is 0 Å². The maximum Gasteiger partial charge on any atom is 0.136 e. The van der Waals surface area contributed by atoms with Crippen molar-refractivity contribution in [2.45, 2.75) is 0 Å². The minimum atomic E-state index is 0.900. The van der Waals surface area contributed by atoms with Crippen LogP contribution in [0.4, 0.5) is 0 Å². The lowest BCUT2D eigenvalue weighted by Crippen LogP contribution is -1.94. The van der Waals surface area contributed by atoms with Crippen molar-refractivity contribution in [1.82, 2.24) is 18.3 Å². The first-order valence-corrected chi connectivity index (χ1v) is 39.0. The van der Waals surface area contributed by atoms with E-state index in [0.29, 0.717) is 0 Å². The first-order chi connectivity index (χ1) is 56.5. The molecule has 114 heavy (non-hydrogen) atoms. The van der Waals surface area contributed by atoms with Gasteiger partial charge in [0.25, 0.3) is 0 Å². The molecule has 0 radical (unpaired) electrons. The Kier molecular flexibility index (Phi) is 14.9. The average molecular weight is 1450 g/mol. The van der Waals surface area contributed by atoms with Gasteiger partial charge >= 0.3 is 0 Å². The Morgan fingerprint density at radius 1 is 0.132 bits per heavy atom. The molecule has 0 aliphatic rings. The van der Waals surface area contributed by atoms with Crippen molar-refractivity contribution in [1.29, 1.82) is 0 Å². The summed E-state index contributed by atoms with van der Waals surface area (Å²) in [4.78, 5) is 0. The second-order valence-corrected chi connectivity index (χ2v) is 29.9. The van der Waals surface area contributed by atoms with Crippen LogP contribution >= 0.6 is 0 Å². The summed E-state index contributed by atoms with van der Waals surface area (Å²) in [5.74, 6) is 0. The van der Waals surface area contributed by atoms with E-state index in [4.69, 9.17) is 8.83 Å². The van der Waals surface area contributed by atoms with Crippen LogP contribution in [0.2, 0.25) is 0 Å². The summed E-state index contributed by atoms with van der Waals surface area (Å²) in [7, 11) is 0. The topological polar surface area (TPSA) is 46.0 Å². The van der Waals surface area contributed by atoms with Crippen LogP contribution in [0.25, 0.3) is 221 Å². The second-order valence-electron chi connectivity index (χ2n) is 29.9. The van der Waals surface area contributed by atoms with Crippen LogP contribution < -0.4 is 0 Å². The van der Waals surface area contributed by atoms with Crippen molar-refractivity contribution in [3.05, 3.63) is 413 Å². The normalized spacial score (nSPS) is 11.9. The Bertz CT molecular complexity index is 7850. The number of rotatable bonds is 10. The zero-order valence-corrected chi connectivity index (χ0v) is 61.9. The third kappa shape index (κ3) is 10.6. The van der Waals surface area contributed by atoms with Crippen LogP contribution in [-0.4, -0.2) is 18.3 Å². The number of fused-ring (bicyclic) bond motifs is 19. The Morgan fingerprint density at radius 2 is 0.447 bits per heavy atom. The molecule has 24 aromatic rings. The molecule has 0 bridgehead atoms. The lowest BCUT2D eigenvalue weighted by atomic mass is 9.99. The minimum Gasteiger partial charge on any atom is -0.456 e. The van der Waals surface area contributed by atoms with E-state index in [-0.39, 0.29) is 0 Å². The highest BCUT2D eigenvalue weighted by molar-refractivity contribution is 6.28. The minimum absolute atomic E-state index is 0.900. The van der Waals surface area contributed by atoms with Gasteiger partial charge in [0.15, 0.2) is 0 Å². The van der Waals surface area contributed by atoms with Gasteiger partial charge in [-0.3, -0.25) is 0 Å². The molecule has 6 heteroatoms. The van der Waals surface area contributed by atoms with Gasteiger partial charge in [-0.2, -0.15) is 0 Å². The molecule has 0 saturated carbocycles. The third-order valence-corrected chi connectivity index (χ3v) is 23.4. The molecule has 6 heterocycles. The van der Waals surface area contributed by atoms with Crippen LogP contribution in [0.15, 0.2) is 421 Å². The SMILES string of the molecule is c1ccc(-c2ccc(-n3c4ccccc4c4cc(-c5ccc6c(c5)c5c7c(ccc5n6-c5cccc(-c6ccccc6)c5)oc5ccccc57)ccc43)cc2)cc1.c1ccc(-c2ccc(-n3c4ccccc4c4cc(-c5ccc6c(c5)c5cc7oc8ccccc8c7cc5n6-c5cccc(-c6ccccc6)c5)ccc43)cc2)cc1. The summed E-state index contributed by atoms with van der Waals surface area (Å²) in [6, 6.07) is 149. The van der Waals surface area contributed by atoms with Crippen molar-refractivity contribution < 1.29 is 8.83 Å². The van der Waals surface area contributed by atoms with Gasteiger partial charge in [-0.15, -0.1) is 0 Å². The van der Waals surface area contributed by atoms with Crippen LogP contribution in [-0.2, 0) is 0 Å². The van der Waals surface area contributed by atoms with Crippen molar-refractivity contribution >= 4 is 131 Å². The Hall–Kier alpha value is -15.2. The summed E-state index contributed by atoms with van der Waals surface area (Å²) in [5.41, 5.74) is 31.9. The lowest BCUT2D eigenvalue weighted by Gasteiger charge is -2.11. The van der Waals surface area contributed by atoms with Crippen molar-refractivity contribution in [2.24, 2.45) is 0 Å². The van der Waals surface area contributed by atoms with Gasteiger partial charge in [0.1, 0.15) is 22.3 Å². The fourth-order valence-electron chi connectivity index (χ4n) is 18.1. The molecule has 0 unspecified atom stereocenters. The predicted molar refractivity (Wildman–Crippen MR) is 477 cm³/mol. The first kappa shape index (κ1) is 64.7. The second kappa shape index (κ2) is 26.2. The van der Waals surface area contributed by atoms with Crippen LogP contribution in [0.1, 0.15) is 0 Å². The molecule has 532 valence electrons. The molecule has 0 aliphatic carbocycles. The lowest BCUT2D eigenvalue weighted by molar-refractivity contribution is 0.669. The molecule has 0 atom stereocenters. The van der Waals surface area contributed by atoms with Gasteiger partial charge in [-0.25, -0.2) is 0 Å². The Morgan fingerprint density at radius 3 is 0.939 bits per heavy atom. The number of hydrogen-bond acceptors (Lipinski definition) is 2. The highest BCUT2D eigenvalue weighted by Gasteiger charge is 2.24. The molecule has 0 amide bonds. The summed E-state index contributed by atoms with van der Waals surface area (Å²) >= 11 is 0. The molecular weight excluding hydrogens is 1390 g/mol. The number of furan rings is 2. The molecule has 18 aromatic carbocycles. The Labute approximate surface area is 656 Å². The fourth-order valence-corrected chi connectivity index (χ4v) is 18.1. The highest BCUT2D eigenvalue weighted by Crippen LogP contribution is 2.47. The van der Waals surface area contributed by atoms with Crippen molar-refractivity contribution in [3.63, 3.8) is 0 Å². The molecule has 6 aromatic heterocycles. The van der Waals surface area contributed by atoms with E-state index in [0.717, 1.165) is 88.7 Å². The molecule has 0 spiro atoms. The number of hydrogen-bond donors (Lipinski definition) is 0. The van der Waals surface area contributed by atoms with Crippen LogP contribution in [0.3, 0.4) is 0 Å². The van der Waals surface area contributed by atoms with E-state index in [9.17, 15) is 0 Å². The monoisotopic (exact) mass is 1450 g/mol. The van der Waals surface area contributed by atoms with Gasteiger partial charge in [0, 0.05) is 87.4 Å². The molecular formula is C108H68N4O2. The maximum atomic E-state index is 6.46. The van der Waals surface area contributed by atoms with Gasteiger partial charge < -0.3 is 27.1 Å². The Balaban J connectivity index is 0.000000135. The number of nitrogens with zero attached hydrogens (tertiary/aromatic N) is 4. The van der Waals surface area contributed by atoms with E-state index in [1.54, 1.807) is 0 Å². The first-order valence-electron chi connectivity index (χ1n) is 39.0. The van der Waals surface area contributed by atoms with Gasteiger partial charge in [0.05, 0.1) is 44.1 Å². The van der Waals surface area contributed by atoms with Gasteiger partial charge in [-0.05, 0) is 212 Å². The summed E-state index contributed by atoms with van der Waals surface area (Å²) in [6.07, 6.45) is 0. The number of benzene rings is 18. The van der Waals surface area contributed by atoms with E-state index >= 15 is 0 Å². The van der Waals surface area contributed by atoms with Crippen molar-refractivity contribution in [2.75, 3.05) is 0 Å². The summed E-state index contributed by atoms with van der Waals surface area (Å²) in [6.45, 7) is 0. The maximum absolute atomic E-state index is 6.46. The zero-order valence-electron chi connectivity index (χ0n) is 61.9. The van der Waals surface area contributed by atoms with E-state index in [1.165, 1.54) is 132 Å². The molecule has 0 fully saturated rings. The average Bonchev–Trinajstić information content (AvgIpc) is 1.56. The predicted octanol–water partition coefficient (Wildman–Crippen LogP) is 29.6. The molecule has 0 saturated heterocycles. The van der Waals surface area contributed by atoms with E-state index in [2.05, 4.69) is 419 Å². The van der Waals surface area contributed by atoms with Crippen molar-refractivity contribution in [3.8, 4) is 89.5 Å². The third-order valence-electron chi connectivity index (χ3n) is 23.4. The summed E-state index contributed by atoms with van der Waals surface area (Å²) < 4.78 is 22.5. The molecule has 6 nitrogen and oxygen atoms in total.